The molecule has 4 nitrogen and oxygen atoms in total. The molecule has 2 aliphatic rings. The Morgan fingerprint density at radius 2 is 2.11 bits per heavy atom. The molecular weight excluding hydrogens is 240 g/mol. The fraction of sp³-hybridized carbons (Fsp3) is 0.933. The maximum atomic E-state index is 12.7. The molecular formula is C15H28N2O2. The monoisotopic (exact) mass is 268 g/mol. The van der Waals surface area contributed by atoms with Crippen molar-refractivity contribution in [3.63, 3.8) is 0 Å². The van der Waals surface area contributed by atoms with E-state index in [-0.39, 0.29) is 17.6 Å². The van der Waals surface area contributed by atoms with Gasteiger partial charge in [0.05, 0.1) is 17.8 Å². The van der Waals surface area contributed by atoms with E-state index in [1.807, 2.05) is 6.92 Å². The van der Waals surface area contributed by atoms with Crippen LogP contribution in [0.4, 0.5) is 0 Å². The summed E-state index contributed by atoms with van der Waals surface area (Å²) >= 11 is 0. The van der Waals surface area contributed by atoms with Crippen molar-refractivity contribution in [1.29, 1.82) is 0 Å². The predicted molar refractivity (Wildman–Crippen MR) is 75.7 cm³/mol. The Morgan fingerprint density at radius 3 is 2.58 bits per heavy atom. The van der Waals surface area contributed by atoms with Crippen LogP contribution in [0, 0.1) is 5.92 Å². The van der Waals surface area contributed by atoms with Crippen LogP contribution in [-0.4, -0.2) is 41.8 Å². The lowest BCUT2D eigenvalue weighted by molar-refractivity contribution is -0.140. The Bertz CT molecular complexity index is 339. The minimum atomic E-state index is -0.377. The average molecular weight is 268 g/mol. The van der Waals surface area contributed by atoms with Crippen molar-refractivity contribution in [2.24, 2.45) is 5.92 Å². The van der Waals surface area contributed by atoms with Gasteiger partial charge in [-0.15, -0.1) is 0 Å². The summed E-state index contributed by atoms with van der Waals surface area (Å²) in [5, 5.41) is 3.57. The van der Waals surface area contributed by atoms with Crippen molar-refractivity contribution in [3.05, 3.63) is 0 Å². The largest absolute Gasteiger partial charge is 0.381 e. The van der Waals surface area contributed by atoms with E-state index in [9.17, 15) is 4.79 Å². The maximum Gasteiger partial charge on any atom is 0.244 e. The van der Waals surface area contributed by atoms with E-state index in [0.717, 1.165) is 25.7 Å². The van der Waals surface area contributed by atoms with Gasteiger partial charge in [0, 0.05) is 13.2 Å². The van der Waals surface area contributed by atoms with Crippen molar-refractivity contribution in [2.75, 3.05) is 7.11 Å². The number of hydrogen-bond donors (Lipinski definition) is 1. The van der Waals surface area contributed by atoms with Crippen LogP contribution < -0.4 is 5.32 Å². The summed E-state index contributed by atoms with van der Waals surface area (Å²) in [6, 6.07) is 0.363. The normalized spacial score (nSPS) is 38.9. The zero-order valence-corrected chi connectivity index (χ0v) is 12.9. The number of carbonyl (C=O) groups excluding carboxylic acids is 1. The smallest absolute Gasteiger partial charge is 0.244 e. The van der Waals surface area contributed by atoms with Gasteiger partial charge in [-0.25, -0.2) is 0 Å². The average Bonchev–Trinajstić information content (AvgIpc) is 2.52. The summed E-state index contributed by atoms with van der Waals surface area (Å²) in [5.41, 5.74) is -0.377. The molecule has 2 atom stereocenters. The van der Waals surface area contributed by atoms with Gasteiger partial charge in [0.1, 0.15) is 0 Å². The quantitative estimate of drug-likeness (QED) is 0.830. The Balaban J connectivity index is 2.10. The Morgan fingerprint density at radius 1 is 1.47 bits per heavy atom. The first-order valence-electron chi connectivity index (χ1n) is 7.54. The first-order chi connectivity index (χ1) is 8.91. The highest BCUT2D eigenvalue weighted by molar-refractivity contribution is 5.88. The fourth-order valence-electron chi connectivity index (χ4n) is 3.18. The van der Waals surface area contributed by atoms with Crippen LogP contribution in [0.15, 0.2) is 0 Å². The molecule has 1 aliphatic carbocycles. The van der Waals surface area contributed by atoms with Crippen molar-refractivity contribution in [2.45, 2.75) is 77.2 Å². The van der Waals surface area contributed by atoms with Crippen LogP contribution in [0.3, 0.4) is 0 Å². The molecule has 1 heterocycles. The number of nitrogens with zero attached hydrogens (tertiary/aromatic N) is 1. The molecule has 2 fully saturated rings. The number of carbonyl (C=O) groups is 1. The third kappa shape index (κ3) is 2.65. The van der Waals surface area contributed by atoms with Gasteiger partial charge in [-0.3, -0.25) is 10.1 Å². The zero-order valence-electron chi connectivity index (χ0n) is 12.9. The van der Waals surface area contributed by atoms with E-state index < -0.39 is 0 Å². The van der Waals surface area contributed by atoms with Crippen molar-refractivity contribution in [3.8, 4) is 0 Å². The number of amides is 1. The standard InChI is InChI=1S/C15H28N2O2/c1-6-15(4)14(18)17(11-8-12(9-11)19-5)13(16-15)7-10(2)3/h10-13,16H,6-9H2,1-5H3. The Kier molecular flexibility index (Phi) is 4.21. The van der Waals surface area contributed by atoms with Gasteiger partial charge in [0.25, 0.3) is 0 Å². The molecule has 2 rings (SSSR count). The first kappa shape index (κ1) is 14.8. The first-order valence-corrected chi connectivity index (χ1v) is 7.54. The predicted octanol–water partition coefficient (Wildman–Crippen LogP) is 2.14. The van der Waals surface area contributed by atoms with Crippen LogP contribution in [-0.2, 0) is 9.53 Å². The number of rotatable bonds is 5. The highest BCUT2D eigenvalue weighted by Crippen LogP contribution is 2.36. The van der Waals surface area contributed by atoms with E-state index in [1.54, 1.807) is 7.11 Å². The van der Waals surface area contributed by atoms with E-state index in [1.165, 1.54) is 0 Å². The Hall–Kier alpha value is -0.610. The van der Waals surface area contributed by atoms with Crippen LogP contribution in [0.25, 0.3) is 0 Å². The van der Waals surface area contributed by atoms with Gasteiger partial charge in [0.15, 0.2) is 0 Å². The number of methoxy groups -OCH3 is 1. The Labute approximate surface area is 116 Å². The molecule has 0 spiro atoms. The number of ether oxygens (including phenoxy) is 1. The van der Waals surface area contributed by atoms with Gasteiger partial charge >= 0.3 is 0 Å². The second-order valence-corrected chi connectivity index (χ2v) is 6.67. The highest BCUT2D eigenvalue weighted by atomic mass is 16.5. The van der Waals surface area contributed by atoms with E-state index in [2.05, 4.69) is 31.0 Å². The van der Waals surface area contributed by atoms with Crippen LogP contribution in [0.5, 0.6) is 0 Å². The SMILES string of the molecule is CCC1(C)NC(CC(C)C)N(C2CC(OC)C2)C1=O. The number of nitrogens with one attached hydrogen (secondary N) is 1. The van der Waals surface area contributed by atoms with Gasteiger partial charge in [-0.05, 0) is 38.5 Å². The van der Waals surface area contributed by atoms with Crippen LogP contribution in [0.2, 0.25) is 0 Å². The van der Waals surface area contributed by atoms with Crippen LogP contribution >= 0.6 is 0 Å². The molecule has 1 saturated heterocycles. The second kappa shape index (κ2) is 5.41. The molecule has 0 bridgehead atoms. The van der Waals surface area contributed by atoms with E-state index >= 15 is 0 Å². The van der Waals surface area contributed by atoms with Gasteiger partial charge in [0.2, 0.25) is 5.91 Å². The molecule has 0 aromatic rings. The summed E-state index contributed by atoms with van der Waals surface area (Å²) in [7, 11) is 1.76. The summed E-state index contributed by atoms with van der Waals surface area (Å²) in [6.07, 6.45) is 4.37. The molecule has 1 saturated carbocycles. The summed E-state index contributed by atoms with van der Waals surface area (Å²) in [4.78, 5) is 14.8. The molecule has 2 unspecified atom stereocenters. The lowest BCUT2D eigenvalue weighted by Gasteiger charge is -2.43. The minimum absolute atomic E-state index is 0.195. The summed E-state index contributed by atoms with van der Waals surface area (Å²) < 4.78 is 5.35. The molecule has 19 heavy (non-hydrogen) atoms. The molecule has 1 amide bonds. The van der Waals surface area contributed by atoms with E-state index in [0.29, 0.717) is 18.1 Å². The fourth-order valence-corrected chi connectivity index (χ4v) is 3.18. The van der Waals surface area contributed by atoms with Gasteiger partial charge < -0.3 is 9.64 Å². The number of hydrogen-bond acceptors (Lipinski definition) is 3. The molecule has 0 aromatic carbocycles. The molecule has 1 N–H and O–H groups in total. The van der Waals surface area contributed by atoms with Gasteiger partial charge in [-0.1, -0.05) is 20.8 Å². The molecule has 1 aliphatic heterocycles. The minimum Gasteiger partial charge on any atom is -0.381 e. The zero-order chi connectivity index (χ0) is 14.2. The van der Waals surface area contributed by atoms with Crippen LogP contribution in [0.1, 0.15) is 53.4 Å². The third-order valence-corrected chi connectivity index (χ3v) is 4.73. The maximum absolute atomic E-state index is 12.7. The highest BCUT2D eigenvalue weighted by Gasteiger charge is 2.51. The van der Waals surface area contributed by atoms with Crippen molar-refractivity contribution >= 4 is 5.91 Å². The third-order valence-electron chi connectivity index (χ3n) is 4.73. The lowest BCUT2D eigenvalue weighted by Crippen LogP contribution is -2.53. The van der Waals surface area contributed by atoms with E-state index in [4.69, 9.17) is 4.74 Å². The van der Waals surface area contributed by atoms with Crippen molar-refractivity contribution in [1.82, 2.24) is 10.2 Å². The summed E-state index contributed by atoms with van der Waals surface area (Å²) in [6.45, 7) is 8.55. The molecule has 4 heteroatoms. The molecule has 0 radical (unpaired) electrons. The summed E-state index contributed by atoms with van der Waals surface area (Å²) in [5.74, 6) is 0.866. The van der Waals surface area contributed by atoms with Gasteiger partial charge in [-0.2, -0.15) is 0 Å². The lowest BCUT2D eigenvalue weighted by atomic mass is 9.86. The second-order valence-electron chi connectivity index (χ2n) is 6.67. The van der Waals surface area contributed by atoms with Crippen molar-refractivity contribution < 1.29 is 9.53 Å². The topological polar surface area (TPSA) is 41.6 Å². The molecule has 0 aromatic heterocycles. The molecule has 110 valence electrons.